The van der Waals surface area contributed by atoms with E-state index < -0.39 is 6.10 Å². The molecule has 2 atom stereocenters. The molecule has 0 aromatic heterocycles. The van der Waals surface area contributed by atoms with E-state index in [1.165, 1.54) is 0 Å². The van der Waals surface area contributed by atoms with Crippen molar-refractivity contribution >= 4 is 23.2 Å². The zero-order chi connectivity index (χ0) is 13.2. The minimum absolute atomic E-state index is 0.0608. The predicted octanol–water partition coefficient (Wildman–Crippen LogP) is 3.79. The Morgan fingerprint density at radius 3 is 2.12 bits per heavy atom. The highest BCUT2D eigenvalue weighted by atomic mass is 35.5. The molecule has 4 heteroatoms. The maximum absolute atomic E-state index is 10.2. The van der Waals surface area contributed by atoms with Gasteiger partial charge in [0.1, 0.15) is 0 Å². The molecule has 0 radical (unpaired) electrons. The molecule has 0 aliphatic rings. The van der Waals surface area contributed by atoms with Crippen LogP contribution in [0.1, 0.15) is 38.9 Å². The summed E-state index contributed by atoms with van der Waals surface area (Å²) >= 11 is 12.1. The van der Waals surface area contributed by atoms with Gasteiger partial charge in [-0.1, -0.05) is 50.0 Å². The average molecular weight is 276 g/mol. The van der Waals surface area contributed by atoms with Crippen LogP contribution in [-0.4, -0.2) is 11.1 Å². The van der Waals surface area contributed by atoms with Crippen molar-refractivity contribution < 1.29 is 5.11 Å². The highest BCUT2D eigenvalue weighted by Crippen LogP contribution is 2.34. The maximum atomic E-state index is 10.2. The first-order chi connectivity index (χ1) is 7.73. The Morgan fingerprint density at radius 2 is 1.71 bits per heavy atom. The molecule has 1 rings (SSSR count). The fourth-order valence-corrected chi connectivity index (χ4v) is 2.19. The van der Waals surface area contributed by atoms with Gasteiger partial charge in [0.2, 0.25) is 0 Å². The summed E-state index contributed by atoms with van der Waals surface area (Å²) in [5.41, 5.74) is 6.55. The van der Waals surface area contributed by atoms with Crippen molar-refractivity contribution in [2.24, 2.45) is 11.1 Å². The second-order valence-electron chi connectivity index (χ2n) is 5.36. The highest BCUT2D eigenvalue weighted by molar-refractivity contribution is 6.36. The number of nitrogens with two attached hydrogens (primary N) is 1. The van der Waals surface area contributed by atoms with Crippen LogP contribution in [0.25, 0.3) is 0 Å². The van der Waals surface area contributed by atoms with Gasteiger partial charge in [-0.05, 0) is 24.0 Å². The third-order valence-corrected chi connectivity index (χ3v) is 3.58. The second-order valence-corrected chi connectivity index (χ2v) is 6.17. The molecule has 0 bridgehead atoms. The first-order valence-electron chi connectivity index (χ1n) is 5.61. The summed E-state index contributed by atoms with van der Waals surface area (Å²) in [5.74, 6) is 0. The lowest BCUT2D eigenvalue weighted by molar-refractivity contribution is 0.133. The predicted molar refractivity (Wildman–Crippen MR) is 73.5 cm³/mol. The van der Waals surface area contributed by atoms with E-state index in [1.54, 1.807) is 18.2 Å². The summed E-state index contributed by atoms with van der Waals surface area (Å²) in [6.07, 6.45) is -0.294. The van der Waals surface area contributed by atoms with Gasteiger partial charge in [0.05, 0.1) is 6.10 Å². The summed E-state index contributed by atoms with van der Waals surface area (Å²) in [6.45, 7) is 6.12. The van der Waals surface area contributed by atoms with E-state index in [-0.39, 0.29) is 11.5 Å². The molecule has 2 nitrogen and oxygen atoms in total. The van der Waals surface area contributed by atoms with Crippen LogP contribution in [0.5, 0.6) is 0 Å². The monoisotopic (exact) mass is 275 g/mol. The standard InChI is InChI=1S/C13H19Cl2NO/c1-13(2,3)11(16)7-10(17)12-8(14)5-4-6-9(12)15/h4-6,10-11,17H,7,16H2,1-3H3/t10-,11+/m0/s1. The number of aliphatic hydroxyl groups excluding tert-OH is 1. The van der Waals surface area contributed by atoms with Gasteiger partial charge in [-0.3, -0.25) is 0 Å². The molecule has 0 aliphatic heterocycles. The van der Waals surface area contributed by atoms with Crippen LogP contribution in [0.4, 0.5) is 0 Å². The van der Waals surface area contributed by atoms with Crippen molar-refractivity contribution in [3.8, 4) is 0 Å². The molecule has 0 fully saturated rings. The first kappa shape index (κ1) is 14.8. The Labute approximate surface area is 113 Å². The van der Waals surface area contributed by atoms with Gasteiger partial charge in [0.25, 0.3) is 0 Å². The van der Waals surface area contributed by atoms with Crippen molar-refractivity contribution in [1.82, 2.24) is 0 Å². The first-order valence-corrected chi connectivity index (χ1v) is 6.36. The number of rotatable bonds is 3. The Bertz CT molecular complexity index is 367. The summed E-state index contributed by atoms with van der Waals surface area (Å²) in [6, 6.07) is 5.07. The van der Waals surface area contributed by atoms with E-state index in [0.29, 0.717) is 22.0 Å². The zero-order valence-electron chi connectivity index (χ0n) is 10.4. The Balaban J connectivity index is 2.87. The van der Waals surface area contributed by atoms with E-state index in [9.17, 15) is 5.11 Å². The topological polar surface area (TPSA) is 46.2 Å². The molecule has 0 saturated carbocycles. The third kappa shape index (κ3) is 3.85. The minimum Gasteiger partial charge on any atom is -0.388 e. The van der Waals surface area contributed by atoms with Crippen LogP contribution < -0.4 is 5.73 Å². The van der Waals surface area contributed by atoms with Crippen LogP contribution in [0, 0.1) is 5.41 Å². The van der Waals surface area contributed by atoms with Crippen LogP contribution in [0.15, 0.2) is 18.2 Å². The van der Waals surface area contributed by atoms with Crippen molar-refractivity contribution in [2.75, 3.05) is 0 Å². The largest absolute Gasteiger partial charge is 0.388 e. The summed E-state index contributed by atoms with van der Waals surface area (Å²) < 4.78 is 0. The summed E-state index contributed by atoms with van der Waals surface area (Å²) in [5, 5.41) is 11.1. The van der Waals surface area contributed by atoms with Gasteiger partial charge in [0, 0.05) is 21.7 Å². The van der Waals surface area contributed by atoms with Gasteiger partial charge in [-0.2, -0.15) is 0 Å². The average Bonchev–Trinajstić information content (AvgIpc) is 2.15. The molecule has 0 aliphatic carbocycles. The lowest BCUT2D eigenvalue weighted by Crippen LogP contribution is -2.36. The molecule has 17 heavy (non-hydrogen) atoms. The second kappa shape index (κ2) is 5.57. The van der Waals surface area contributed by atoms with Gasteiger partial charge in [0.15, 0.2) is 0 Å². The van der Waals surface area contributed by atoms with Gasteiger partial charge < -0.3 is 10.8 Å². The van der Waals surface area contributed by atoms with Crippen LogP contribution in [0.2, 0.25) is 10.0 Å². The van der Waals surface area contributed by atoms with E-state index in [1.807, 2.05) is 20.8 Å². The number of halogens is 2. The zero-order valence-corrected chi connectivity index (χ0v) is 11.9. The molecule has 0 unspecified atom stereocenters. The highest BCUT2D eigenvalue weighted by Gasteiger charge is 2.25. The SMILES string of the molecule is CC(C)(C)[C@H](N)C[C@H](O)c1c(Cl)cccc1Cl. The fourth-order valence-electron chi connectivity index (χ4n) is 1.54. The van der Waals surface area contributed by atoms with E-state index in [0.717, 1.165) is 0 Å². The van der Waals surface area contributed by atoms with E-state index >= 15 is 0 Å². The van der Waals surface area contributed by atoms with E-state index in [2.05, 4.69) is 0 Å². The van der Waals surface area contributed by atoms with Gasteiger partial charge in [-0.15, -0.1) is 0 Å². The lowest BCUT2D eigenvalue weighted by Gasteiger charge is -2.29. The molecule has 0 heterocycles. The van der Waals surface area contributed by atoms with Crippen molar-refractivity contribution in [1.29, 1.82) is 0 Å². The minimum atomic E-state index is -0.731. The van der Waals surface area contributed by atoms with Gasteiger partial charge in [-0.25, -0.2) is 0 Å². The number of hydrogen-bond donors (Lipinski definition) is 2. The number of benzene rings is 1. The van der Waals surface area contributed by atoms with Crippen molar-refractivity contribution in [2.45, 2.75) is 39.3 Å². The van der Waals surface area contributed by atoms with E-state index in [4.69, 9.17) is 28.9 Å². The van der Waals surface area contributed by atoms with Gasteiger partial charge >= 0.3 is 0 Å². The number of aliphatic hydroxyl groups is 1. The molecular weight excluding hydrogens is 257 g/mol. The molecular formula is C13H19Cl2NO. The fraction of sp³-hybridized carbons (Fsp3) is 0.538. The maximum Gasteiger partial charge on any atom is 0.0834 e. The van der Waals surface area contributed by atoms with Crippen molar-refractivity contribution in [3.63, 3.8) is 0 Å². The smallest absolute Gasteiger partial charge is 0.0834 e. The molecule has 0 saturated heterocycles. The molecule has 0 amide bonds. The Kier molecular flexibility index (Phi) is 4.85. The number of hydrogen-bond acceptors (Lipinski definition) is 2. The quantitative estimate of drug-likeness (QED) is 0.882. The normalized spacial score (nSPS) is 15.7. The summed E-state index contributed by atoms with van der Waals surface area (Å²) in [7, 11) is 0. The van der Waals surface area contributed by atoms with Crippen LogP contribution in [0.3, 0.4) is 0 Å². The molecule has 1 aromatic rings. The molecule has 1 aromatic carbocycles. The summed E-state index contributed by atoms with van der Waals surface area (Å²) in [4.78, 5) is 0. The molecule has 96 valence electrons. The Morgan fingerprint density at radius 1 is 1.24 bits per heavy atom. The third-order valence-electron chi connectivity index (χ3n) is 2.92. The van der Waals surface area contributed by atoms with Crippen molar-refractivity contribution in [3.05, 3.63) is 33.8 Å². The lowest BCUT2D eigenvalue weighted by atomic mass is 9.83. The molecule has 0 spiro atoms. The Hall–Kier alpha value is -0.280. The molecule has 3 N–H and O–H groups in total. The van der Waals surface area contributed by atoms with Crippen LogP contribution >= 0.6 is 23.2 Å². The van der Waals surface area contributed by atoms with Crippen LogP contribution in [-0.2, 0) is 0 Å².